The van der Waals surface area contributed by atoms with Gasteiger partial charge in [-0.25, -0.2) is 0 Å². The van der Waals surface area contributed by atoms with E-state index in [0.717, 1.165) is 19.5 Å². The molecule has 0 aliphatic heterocycles. The van der Waals surface area contributed by atoms with Gasteiger partial charge in [-0.3, -0.25) is 0 Å². The zero-order valence-corrected chi connectivity index (χ0v) is 12.1. The largest absolute Gasteiger partial charge is 0.396 e. The van der Waals surface area contributed by atoms with Crippen molar-refractivity contribution < 1.29 is 5.11 Å². The molecule has 0 amide bonds. The van der Waals surface area contributed by atoms with Crippen LogP contribution in [0.3, 0.4) is 0 Å². The highest BCUT2D eigenvalue weighted by Crippen LogP contribution is 2.29. The van der Waals surface area contributed by atoms with E-state index >= 15 is 0 Å². The van der Waals surface area contributed by atoms with Gasteiger partial charge in [0.2, 0.25) is 0 Å². The molecule has 0 bridgehead atoms. The van der Waals surface area contributed by atoms with Gasteiger partial charge in [-0.05, 0) is 48.8 Å². The fourth-order valence-corrected chi connectivity index (χ4v) is 3.26. The first-order chi connectivity index (χ1) is 9.35. The van der Waals surface area contributed by atoms with Crippen molar-refractivity contribution in [3.63, 3.8) is 0 Å². The molecule has 2 heteroatoms. The summed E-state index contributed by atoms with van der Waals surface area (Å²) in [4.78, 5) is 0. The van der Waals surface area contributed by atoms with Crippen molar-refractivity contribution in [1.82, 2.24) is 5.32 Å². The number of aryl methyl sites for hydroxylation is 1. The first kappa shape index (κ1) is 14.5. The second-order valence-electron chi connectivity index (χ2n) is 5.74. The highest BCUT2D eigenvalue weighted by molar-refractivity contribution is 5.26. The van der Waals surface area contributed by atoms with Gasteiger partial charge in [0.25, 0.3) is 0 Å². The molecule has 0 spiro atoms. The van der Waals surface area contributed by atoms with Gasteiger partial charge in [0, 0.05) is 13.2 Å². The number of aliphatic hydroxyl groups is 1. The molecule has 2 rings (SSSR count). The lowest BCUT2D eigenvalue weighted by atomic mass is 9.79. The number of rotatable bonds is 6. The maximum Gasteiger partial charge on any atom is 0.0462 e. The minimum absolute atomic E-state index is 0.359. The molecule has 2 N–H and O–H groups in total. The van der Waals surface area contributed by atoms with Crippen molar-refractivity contribution in [2.24, 2.45) is 11.8 Å². The third-order valence-corrected chi connectivity index (χ3v) is 4.52. The van der Waals surface area contributed by atoms with Crippen LogP contribution in [-0.4, -0.2) is 18.3 Å². The van der Waals surface area contributed by atoms with Crippen LogP contribution in [0.25, 0.3) is 0 Å². The Labute approximate surface area is 117 Å². The highest BCUT2D eigenvalue weighted by Gasteiger charge is 2.23. The Morgan fingerprint density at radius 2 is 1.79 bits per heavy atom. The Kier molecular flexibility index (Phi) is 5.87. The average molecular weight is 261 g/mol. The summed E-state index contributed by atoms with van der Waals surface area (Å²) in [6, 6.07) is 8.67. The van der Waals surface area contributed by atoms with E-state index < -0.39 is 0 Å². The normalized spacial score (nSPS) is 23.5. The van der Waals surface area contributed by atoms with Crippen LogP contribution >= 0.6 is 0 Å². The van der Waals surface area contributed by atoms with Crippen molar-refractivity contribution in [3.05, 3.63) is 35.4 Å². The molecule has 1 aromatic rings. The summed E-state index contributed by atoms with van der Waals surface area (Å²) in [7, 11) is 0. The van der Waals surface area contributed by atoms with Crippen LogP contribution in [0.5, 0.6) is 0 Å². The van der Waals surface area contributed by atoms with Crippen molar-refractivity contribution in [3.8, 4) is 0 Å². The Bertz CT molecular complexity index is 377. The zero-order valence-electron chi connectivity index (χ0n) is 12.1. The second kappa shape index (κ2) is 7.66. The molecule has 1 fully saturated rings. The van der Waals surface area contributed by atoms with E-state index in [1.165, 1.54) is 36.8 Å². The topological polar surface area (TPSA) is 32.3 Å². The molecule has 2 nitrogen and oxygen atoms in total. The lowest BCUT2D eigenvalue weighted by Crippen LogP contribution is -2.32. The van der Waals surface area contributed by atoms with Gasteiger partial charge in [-0.1, -0.05) is 44.0 Å². The van der Waals surface area contributed by atoms with E-state index in [0.29, 0.717) is 18.4 Å². The van der Waals surface area contributed by atoms with Crippen molar-refractivity contribution >= 4 is 0 Å². The molecule has 1 aromatic carbocycles. The van der Waals surface area contributed by atoms with E-state index in [1.807, 2.05) is 0 Å². The van der Waals surface area contributed by atoms with Crippen molar-refractivity contribution in [2.75, 3.05) is 13.2 Å². The molecule has 1 saturated carbocycles. The number of benzene rings is 1. The number of aliphatic hydroxyl groups excluding tert-OH is 1. The molecular formula is C17H27NO. The molecule has 2 unspecified atom stereocenters. The molecule has 0 heterocycles. The third kappa shape index (κ3) is 4.05. The Morgan fingerprint density at radius 1 is 1.11 bits per heavy atom. The van der Waals surface area contributed by atoms with E-state index in [2.05, 4.69) is 36.5 Å². The summed E-state index contributed by atoms with van der Waals surface area (Å²) >= 11 is 0. The summed E-state index contributed by atoms with van der Waals surface area (Å²) in [6.45, 7) is 4.57. The van der Waals surface area contributed by atoms with Gasteiger partial charge in [0.15, 0.2) is 0 Å². The number of hydrogen-bond acceptors (Lipinski definition) is 2. The summed E-state index contributed by atoms with van der Waals surface area (Å²) in [5.74, 6) is 1.18. The number of nitrogens with one attached hydrogen (secondary N) is 1. The van der Waals surface area contributed by atoms with Crippen LogP contribution in [0.1, 0.15) is 43.7 Å². The molecule has 0 saturated heterocycles. The minimum atomic E-state index is 0.359. The molecule has 2 atom stereocenters. The summed E-state index contributed by atoms with van der Waals surface area (Å²) in [5.41, 5.74) is 2.86. The van der Waals surface area contributed by atoms with Gasteiger partial charge in [0.05, 0.1) is 0 Å². The molecule has 106 valence electrons. The van der Waals surface area contributed by atoms with Gasteiger partial charge < -0.3 is 10.4 Å². The summed E-state index contributed by atoms with van der Waals surface area (Å²) in [5, 5.41) is 13.0. The highest BCUT2D eigenvalue weighted by atomic mass is 16.3. The van der Waals surface area contributed by atoms with Crippen molar-refractivity contribution in [2.45, 2.75) is 45.6 Å². The second-order valence-corrected chi connectivity index (χ2v) is 5.74. The first-order valence-electron chi connectivity index (χ1n) is 7.73. The van der Waals surface area contributed by atoms with E-state index in [-0.39, 0.29) is 0 Å². The van der Waals surface area contributed by atoms with Crippen LogP contribution in [0, 0.1) is 11.8 Å². The fraction of sp³-hybridized carbons (Fsp3) is 0.647. The summed E-state index contributed by atoms with van der Waals surface area (Å²) in [6.07, 6.45) is 6.19. The Hall–Kier alpha value is -0.860. The predicted molar refractivity (Wildman–Crippen MR) is 80.1 cm³/mol. The maximum atomic E-state index is 9.43. The van der Waals surface area contributed by atoms with Crippen LogP contribution in [0.2, 0.25) is 0 Å². The lowest BCUT2D eigenvalue weighted by Gasteiger charge is -2.30. The predicted octanol–water partition coefficient (Wildman–Crippen LogP) is 3.14. The van der Waals surface area contributed by atoms with E-state index in [4.69, 9.17) is 0 Å². The first-order valence-corrected chi connectivity index (χ1v) is 7.73. The average Bonchev–Trinajstić information content (AvgIpc) is 2.48. The van der Waals surface area contributed by atoms with Gasteiger partial charge in [0.1, 0.15) is 0 Å². The fourth-order valence-electron chi connectivity index (χ4n) is 3.26. The standard InChI is InChI=1S/C17H27NO/c1-2-14-7-3-4-8-15(14)11-18-12-16-9-5-6-10-17(16)13-19/h3-4,7-8,16-19H,2,5-6,9-13H2,1H3. The number of hydrogen-bond donors (Lipinski definition) is 2. The van der Waals surface area contributed by atoms with Gasteiger partial charge in [-0.2, -0.15) is 0 Å². The molecule has 0 radical (unpaired) electrons. The van der Waals surface area contributed by atoms with Crippen LogP contribution < -0.4 is 5.32 Å². The van der Waals surface area contributed by atoms with Crippen LogP contribution in [-0.2, 0) is 13.0 Å². The Morgan fingerprint density at radius 3 is 2.47 bits per heavy atom. The van der Waals surface area contributed by atoms with Gasteiger partial charge >= 0.3 is 0 Å². The molecule has 1 aliphatic rings. The van der Waals surface area contributed by atoms with Crippen LogP contribution in [0.15, 0.2) is 24.3 Å². The smallest absolute Gasteiger partial charge is 0.0462 e. The monoisotopic (exact) mass is 261 g/mol. The minimum Gasteiger partial charge on any atom is -0.396 e. The van der Waals surface area contributed by atoms with E-state index in [1.54, 1.807) is 0 Å². The quantitative estimate of drug-likeness (QED) is 0.824. The Balaban J connectivity index is 1.82. The molecule has 19 heavy (non-hydrogen) atoms. The zero-order chi connectivity index (χ0) is 13.5. The molecule has 1 aliphatic carbocycles. The maximum absolute atomic E-state index is 9.43. The third-order valence-electron chi connectivity index (χ3n) is 4.52. The lowest BCUT2D eigenvalue weighted by molar-refractivity contribution is 0.133. The van der Waals surface area contributed by atoms with Crippen LogP contribution in [0.4, 0.5) is 0 Å². The summed E-state index contributed by atoms with van der Waals surface area (Å²) < 4.78 is 0. The molecule has 0 aromatic heterocycles. The van der Waals surface area contributed by atoms with Crippen molar-refractivity contribution in [1.29, 1.82) is 0 Å². The van der Waals surface area contributed by atoms with E-state index in [9.17, 15) is 5.11 Å². The van der Waals surface area contributed by atoms with Gasteiger partial charge in [-0.15, -0.1) is 0 Å². The molecular weight excluding hydrogens is 234 g/mol. The SMILES string of the molecule is CCc1ccccc1CNCC1CCCCC1CO.